The van der Waals surface area contributed by atoms with Crippen LogP contribution in [-0.4, -0.2) is 39.0 Å². The molecule has 1 N–H and O–H groups in total. The van der Waals surface area contributed by atoms with Gasteiger partial charge in [-0.25, -0.2) is 0 Å². The van der Waals surface area contributed by atoms with Gasteiger partial charge in [-0.1, -0.05) is 6.92 Å². The minimum atomic E-state index is 0.242. The van der Waals surface area contributed by atoms with Crippen molar-refractivity contribution in [2.75, 3.05) is 32.9 Å². The zero-order valence-corrected chi connectivity index (χ0v) is 11.3. The standard InChI is InChI=1S/C14H27NO2/c1-3-8-15-10-14(11-16-4-2)7-9-17-13(14)12-5-6-12/h12-13,15H,3-11H2,1-2H3. The molecule has 0 bridgehead atoms. The third-order valence-electron chi connectivity index (χ3n) is 4.05. The average Bonchev–Trinajstić information content (AvgIpc) is 3.10. The van der Waals surface area contributed by atoms with E-state index in [1.807, 2.05) is 0 Å². The second kappa shape index (κ2) is 6.17. The molecule has 2 atom stereocenters. The Balaban J connectivity index is 1.94. The van der Waals surface area contributed by atoms with Crippen LogP contribution in [0.1, 0.15) is 39.5 Å². The van der Waals surface area contributed by atoms with Crippen molar-refractivity contribution in [1.29, 1.82) is 0 Å². The maximum Gasteiger partial charge on any atom is 0.0694 e. The number of rotatable bonds is 8. The lowest BCUT2D eigenvalue weighted by Crippen LogP contribution is -2.45. The third kappa shape index (κ3) is 3.21. The van der Waals surface area contributed by atoms with Crippen LogP contribution in [0.5, 0.6) is 0 Å². The Morgan fingerprint density at radius 1 is 1.35 bits per heavy atom. The highest BCUT2D eigenvalue weighted by Crippen LogP contribution is 2.47. The number of ether oxygens (including phenoxy) is 2. The molecule has 100 valence electrons. The van der Waals surface area contributed by atoms with Crippen LogP contribution >= 0.6 is 0 Å². The van der Waals surface area contributed by atoms with Crippen LogP contribution in [0, 0.1) is 11.3 Å². The van der Waals surface area contributed by atoms with Gasteiger partial charge in [0.25, 0.3) is 0 Å². The first kappa shape index (κ1) is 13.3. The van der Waals surface area contributed by atoms with E-state index in [4.69, 9.17) is 9.47 Å². The molecule has 1 saturated heterocycles. The van der Waals surface area contributed by atoms with Gasteiger partial charge in [0.15, 0.2) is 0 Å². The Labute approximate surface area is 105 Å². The largest absolute Gasteiger partial charge is 0.381 e. The molecule has 0 aromatic heterocycles. The molecular formula is C14H27NO2. The molecule has 17 heavy (non-hydrogen) atoms. The molecule has 2 aliphatic rings. The van der Waals surface area contributed by atoms with E-state index in [2.05, 4.69) is 19.2 Å². The van der Waals surface area contributed by atoms with Crippen LogP contribution < -0.4 is 5.32 Å². The third-order valence-corrected chi connectivity index (χ3v) is 4.05. The Hall–Kier alpha value is -0.120. The molecule has 1 aliphatic carbocycles. The molecule has 2 unspecified atom stereocenters. The van der Waals surface area contributed by atoms with E-state index in [0.717, 1.165) is 45.2 Å². The summed E-state index contributed by atoms with van der Waals surface area (Å²) < 4.78 is 11.7. The summed E-state index contributed by atoms with van der Waals surface area (Å²) in [6.45, 7) is 9.05. The fraction of sp³-hybridized carbons (Fsp3) is 1.00. The maximum atomic E-state index is 6.00. The number of hydrogen-bond donors (Lipinski definition) is 1. The molecule has 1 aliphatic heterocycles. The van der Waals surface area contributed by atoms with Gasteiger partial charge >= 0.3 is 0 Å². The van der Waals surface area contributed by atoms with Gasteiger partial charge in [-0.05, 0) is 45.1 Å². The summed E-state index contributed by atoms with van der Waals surface area (Å²) in [7, 11) is 0. The van der Waals surface area contributed by atoms with Crippen LogP contribution in [0.3, 0.4) is 0 Å². The lowest BCUT2D eigenvalue weighted by molar-refractivity contribution is -0.0221. The van der Waals surface area contributed by atoms with Crippen molar-refractivity contribution < 1.29 is 9.47 Å². The Bertz CT molecular complexity index is 230. The van der Waals surface area contributed by atoms with Crippen LogP contribution in [-0.2, 0) is 9.47 Å². The zero-order valence-electron chi connectivity index (χ0n) is 11.3. The summed E-state index contributed by atoms with van der Waals surface area (Å²) in [5.74, 6) is 0.807. The van der Waals surface area contributed by atoms with Crippen LogP contribution in [0.15, 0.2) is 0 Å². The topological polar surface area (TPSA) is 30.5 Å². The molecule has 2 fully saturated rings. The number of hydrogen-bond acceptors (Lipinski definition) is 3. The minimum Gasteiger partial charge on any atom is -0.381 e. The summed E-state index contributed by atoms with van der Waals surface area (Å²) in [6.07, 6.45) is 5.50. The highest BCUT2D eigenvalue weighted by atomic mass is 16.5. The molecule has 0 aromatic carbocycles. The first-order valence-electron chi connectivity index (χ1n) is 7.22. The minimum absolute atomic E-state index is 0.242. The predicted molar refractivity (Wildman–Crippen MR) is 69.2 cm³/mol. The van der Waals surface area contributed by atoms with E-state index in [1.165, 1.54) is 19.3 Å². The molecule has 0 radical (unpaired) electrons. The van der Waals surface area contributed by atoms with Crippen LogP contribution in [0.2, 0.25) is 0 Å². The van der Waals surface area contributed by atoms with Crippen molar-refractivity contribution >= 4 is 0 Å². The van der Waals surface area contributed by atoms with Gasteiger partial charge in [0.05, 0.1) is 12.7 Å². The lowest BCUT2D eigenvalue weighted by Gasteiger charge is -2.34. The first-order valence-corrected chi connectivity index (χ1v) is 7.22. The van der Waals surface area contributed by atoms with Gasteiger partial charge in [-0.15, -0.1) is 0 Å². The van der Waals surface area contributed by atoms with E-state index < -0.39 is 0 Å². The van der Waals surface area contributed by atoms with Gasteiger partial charge in [-0.3, -0.25) is 0 Å². The molecule has 0 spiro atoms. The SMILES string of the molecule is CCCNCC1(COCC)CCOC1C1CC1. The Morgan fingerprint density at radius 2 is 2.18 bits per heavy atom. The van der Waals surface area contributed by atoms with Gasteiger partial charge in [0.1, 0.15) is 0 Å². The van der Waals surface area contributed by atoms with Crippen molar-refractivity contribution in [3.8, 4) is 0 Å². The van der Waals surface area contributed by atoms with Gasteiger partial charge in [-0.2, -0.15) is 0 Å². The van der Waals surface area contributed by atoms with E-state index in [1.54, 1.807) is 0 Å². The molecule has 0 aromatic rings. The molecule has 3 nitrogen and oxygen atoms in total. The van der Waals surface area contributed by atoms with Gasteiger partial charge in [0, 0.05) is 25.2 Å². The van der Waals surface area contributed by atoms with Gasteiger partial charge < -0.3 is 14.8 Å². The molecule has 1 saturated carbocycles. The average molecular weight is 241 g/mol. The van der Waals surface area contributed by atoms with E-state index >= 15 is 0 Å². The van der Waals surface area contributed by atoms with E-state index in [9.17, 15) is 0 Å². The molecule has 2 rings (SSSR count). The second-order valence-electron chi connectivity index (χ2n) is 5.56. The fourth-order valence-electron chi connectivity index (χ4n) is 2.96. The summed E-state index contributed by atoms with van der Waals surface area (Å²) in [4.78, 5) is 0. The molecule has 3 heteroatoms. The highest BCUT2D eigenvalue weighted by molar-refractivity contribution is 5.00. The Morgan fingerprint density at radius 3 is 2.82 bits per heavy atom. The first-order chi connectivity index (χ1) is 8.32. The lowest BCUT2D eigenvalue weighted by atomic mass is 9.79. The predicted octanol–water partition coefficient (Wildman–Crippen LogP) is 2.21. The van der Waals surface area contributed by atoms with Crippen molar-refractivity contribution in [2.24, 2.45) is 11.3 Å². The van der Waals surface area contributed by atoms with Crippen molar-refractivity contribution in [1.82, 2.24) is 5.32 Å². The molecular weight excluding hydrogens is 214 g/mol. The summed E-state index contributed by atoms with van der Waals surface area (Å²) >= 11 is 0. The van der Waals surface area contributed by atoms with Crippen molar-refractivity contribution in [3.63, 3.8) is 0 Å². The summed E-state index contributed by atoms with van der Waals surface area (Å²) in [6, 6.07) is 0. The maximum absolute atomic E-state index is 6.00. The summed E-state index contributed by atoms with van der Waals surface area (Å²) in [5, 5.41) is 3.58. The highest BCUT2D eigenvalue weighted by Gasteiger charge is 2.50. The normalized spacial score (nSPS) is 33.2. The van der Waals surface area contributed by atoms with Crippen LogP contribution in [0.25, 0.3) is 0 Å². The quantitative estimate of drug-likeness (QED) is 0.661. The Kier molecular flexibility index (Phi) is 4.83. The monoisotopic (exact) mass is 241 g/mol. The molecule has 0 amide bonds. The van der Waals surface area contributed by atoms with Crippen molar-refractivity contribution in [2.45, 2.75) is 45.6 Å². The second-order valence-corrected chi connectivity index (χ2v) is 5.56. The summed E-state index contributed by atoms with van der Waals surface area (Å²) in [5.41, 5.74) is 0.242. The smallest absolute Gasteiger partial charge is 0.0694 e. The molecule has 1 heterocycles. The zero-order chi connectivity index (χ0) is 12.1. The van der Waals surface area contributed by atoms with Gasteiger partial charge in [0.2, 0.25) is 0 Å². The van der Waals surface area contributed by atoms with E-state index in [-0.39, 0.29) is 5.41 Å². The van der Waals surface area contributed by atoms with E-state index in [0.29, 0.717) is 6.10 Å². The fourth-order valence-corrected chi connectivity index (χ4v) is 2.96. The van der Waals surface area contributed by atoms with Crippen molar-refractivity contribution in [3.05, 3.63) is 0 Å². The number of nitrogens with one attached hydrogen (secondary N) is 1. The van der Waals surface area contributed by atoms with Crippen LogP contribution in [0.4, 0.5) is 0 Å².